The topological polar surface area (TPSA) is 97.0 Å². The van der Waals surface area contributed by atoms with Crippen LogP contribution in [0.25, 0.3) is 10.9 Å². The van der Waals surface area contributed by atoms with Crippen LogP contribution in [0.5, 0.6) is 0 Å². The molecule has 30 heavy (non-hydrogen) atoms. The van der Waals surface area contributed by atoms with Gasteiger partial charge in [0.1, 0.15) is 0 Å². The minimum absolute atomic E-state index is 0.353. The normalized spacial score (nSPS) is 14.9. The summed E-state index contributed by atoms with van der Waals surface area (Å²) in [6.07, 6.45) is 5.35. The van der Waals surface area contributed by atoms with E-state index in [0.717, 1.165) is 27.8 Å². The van der Waals surface area contributed by atoms with Gasteiger partial charge in [0, 0.05) is 43.2 Å². The minimum atomic E-state index is -3.36. The molecule has 3 aromatic rings. The number of anilines is 1. The highest BCUT2D eigenvalue weighted by Crippen LogP contribution is 2.32. The van der Waals surface area contributed by atoms with E-state index in [0.29, 0.717) is 37.4 Å². The van der Waals surface area contributed by atoms with Gasteiger partial charge in [-0.1, -0.05) is 6.92 Å². The number of H-pyrrole nitrogens is 1. The van der Waals surface area contributed by atoms with Crippen molar-refractivity contribution in [1.82, 2.24) is 15.2 Å². The zero-order valence-corrected chi connectivity index (χ0v) is 18.8. The molecule has 0 atom stereocenters. The zero-order chi connectivity index (χ0) is 21.7. The molecule has 2 N–H and O–H groups in total. The molecule has 1 aliphatic heterocycles. The molecule has 7 nitrogen and oxygen atoms in total. The molecule has 0 unspecified atom stereocenters. The molecule has 0 amide bonds. The van der Waals surface area contributed by atoms with Gasteiger partial charge in [-0.3, -0.25) is 10.1 Å². The molecule has 0 saturated carbocycles. The maximum Gasteiger partial charge on any atom is 0.181 e. The number of ether oxygens (including phenoxy) is 1. The van der Waals surface area contributed by atoms with Crippen molar-refractivity contribution < 1.29 is 13.2 Å². The Morgan fingerprint density at radius 1 is 1.23 bits per heavy atom. The van der Waals surface area contributed by atoms with Gasteiger partial charge in [0.25, 0.3) is 0 Å². The van der Waals surface area contributed by atoms with E-state index >= 15 is 0 Å². The highest BCUT2D eigenvalue weighted by molar-refractivity contribution is 7.92. The predicted octanol–water partition coefficient (Wildman–Crippen LogP) is 3.82. The SMILES string of the molecule is CCc1cc2nccc(NC)c2cc1S(=O)(=O)C1CCOCC1.Cc1cn[nH]c1C. The molecule has 1 aromatic carbocycles. The molecule has 3 heterocycles. The molecular weight excluding hydrogens is 400 g/mol. The standard InChI is InChI=1S/C17H22N2O3S.C5H8N2/c1-3-12-10-16-14(15(18-2)4-7-19-16)11-17(12)23(20,21)13-5-8-22-9-6-13;1-4-3-6-7-5(4)2/h4,7,10-11,13H,3,5-6,8-9H2,1-2H3,(H,18,19);3H,1-2H3,(H,6,7). The summed E-state index contributed by atoms with van der Waals surface area (Å²) >= 11 is 0. The molecule has 0 aliphatic carbocycles. The number of pyridine rings is 1. The molecule has 1 aliphatic rings. The third-order valence-corrected chi connectivity index (χ3v) is 7.91. The van der Waals surface area contributed by atoms with Crippen LogP contribution >= 0.6 is 0 Å². The Labute approximate surface area is 178 Å². The molecule has 1 fully saturated rings. The lowest BCUT2D eigenvalue weighted by atomic mass is 10.1. The van der Waals surface area contributed by atoms with Crippen molar-refractivity contribution in [2.75, 3.05) is 25.6 Å². The van der Waals surface area contributed by atoms with Crippen molar-refractivity contribution in [2.45, 2.75) is 50.2 Å². The first-order valence-corrected chi connectivity index (χ1v) is 11.8. The van der Waals surface area contributed by atoms with Gasteiger partial charge in [-0.15, -0.1) is 0 Å². The van der Waals surface area contributed by atoms with Crippen LogP contribution in [-0.2, 0) is 21.0 Å². The number of fused-ring (bicyclic) bond motifs is 1. The second-order valence-corrected chi connectivity index (χ2v) is 9.67. The number of sulfone groups is 1. The Balaban J connectivity index is 0.000000310. The molecule has 1 saturated heterocycles. The largest absolute Gasteiger partial charge is 0.388 e. The van der Waals surface area contributed by atoms with Crippen molar-refractivity contribution in [3.63, 3.8) is 0 Å². The highest BCUT2D eigenvalue weighted by Gasteiger charge is 2.31. The van der Waals surface area contributed by atoms with Crippen LogP contribution in [0, 0.1) is 13.8 Å². The van der Waals surface area contributed by atoms with Gasteiger partial charge in [-0.25, -0.2) is 8.42 Å². The van der Waals surface area contributed by atoms with Crippen LogP contribution < -0.4 is 5.32 Å². The average molecular weight is 431 g/mol. The lowest BCUT2D eigenvalue weighted by Crippen LogP contribution is -2.29. The van der Waals surface area contributed by atoms with E-state index < -0.39 is 9.84 Å². The van der Waals surface area contributed by atoms with Crippen LogP contribution in [0.2, 0.25) is 0 Å². The number of rotatable bonds is 4. The van der Waals surface area contributed by atoms with Gasteiger partial charge in [0.15, 0.2) is 9.84 Å². The Bertz CT molecular complexity index is 1090. The van der Waals surface area contributed by atoms with Crippen molar-refractivity contribution >= 4 is 26.4 Å². The first-order chi connectivity index (χ1) is 14.4. The molecule has 162 valence electrons. The van der Waals surface area contributed by atoms with Crippen LogP contribution in [0.15, 0.2) is 35.5 Å². The fraction of sp³-hybridized carbons (Fsp3) is 0.455. The highest BCUT2D eigenvalue weighted by atomic mass is 32.2. The summed E-state index contributed by atoms with van der Waals surface area (Å²) in [6, 6.07) is 5.55. The second-order valence-electron chi connectivity index (χ2n) is 7.47. The minimum Gasteiger partial charge on any atom is -0.388 e. The van der Waals surface area contributed by atoms with Crippen LogP contribution in [-0.4, -0.2) is 49.1 Å². The lowest BCUT2D eigenvalue weighted by molar-refractivity contribution is 0.0983. The van der Waals surface area contributed by atoms with Gasteiger partial charge < -0.3 is 10.1 Å². The van der Waals surface area contributed by atoms with Gasteiger partial charge in [0.2, 0.25) is 0 Å². The number of aryl methyl sites for hydroxylation is 3. The van der Waals surface area contributed by atoms with E-state index in [-0.39, 0.29) is 5.25 Å². The quantitative estimate of drug-likeness (QED) is 0.653. The number of aromatic nitrogens is 3. The summed E-state index contributed by atoms with van der Waals surface area (Å²) in [4.78, 5) is 4.83. The van der Waals surface area contributed by atoms with Crippen LogP contribution in [0.3, 0.4) is 0 Å². The van der Waals surface area contributed by atoms with E-state index in [2.05, 4.69) is 20.5 Å². The second kappa shape index (κ2) is 9.57. The summed E-state index contributed by atoms with van der Waals surface area (Å²) in [7, 11) is -1.53. The van der Waals surface area contributed by atoms with E-state index in [9.17, 15) is 8.42 Å². The molecule has 0 spiro atoms. The van der Waals surface area contributed by atoms with Crippen molar-refractivity contribution in [3.8, 4) is 0 Å². The first-order valence-electron chi connectivity index (χ1n) is 10.3. The molecule has 0 bridgehead atoms. The smallest absolute Gasteiger partial charge is 0.181 e. The van der Waals surface area contributed by atoms with Gasteiger partial charge in [0.05, 0.1) is 21.9 Å². The number of benzene rings is 1. The number of aromatic amines is 1. The lowest BCUT2D eigenvalue weighted by Gasteiger charge is -2.23. The van der Waals surface area contributed by atoms with Crippen molar-refractivity contribution in [3.05, 3.63) is 47.4 Å². The van der Waals surface area contributed by atoms with Crippen molar-refractivity contribution in [2.24, 2.45) is 0 Å². The van der Waals surface area contributed by atoms with E-state index in [1.165, 1.54) is 5.56 Å². The Kier molecular flexibility index (Phi) is 7.10. The first kappa shape index (κ1) is 22.2. The fourth-order valence-corrected chi connectivity index (χ4v) is 5.57. The number of hydrogen-bond acceptors (Lipinski definition) is 6. The average Bonchev–Trinajstić information content (AvgIpc) is 3.15. The number of hydrogen-bond donors (Lipinski definition) is 2. The van der Waals surface area contributed by atoms with Gasteiger partial charge in [-0.05, 0) is 62.4 Å². The fourth-order valence-electron chi connectivity index (χ4n) is 3.55. The Hall–Kier alpha value is -2.45. The summed E-state index contributed by atoms with van der Waals surface area (Å²) in [5.74, 6) is 0. The molecular formula is C22H30N4O3S. The number of nitrogens with one attached hydrogen (secondary N) is 2. The summed E-state index contributed by atoms with van der Waals surface area (Å²) in [6.45, 7) is 7.04. The molecule has 0 radical (unpaired) electrons. The Morgan fingerprint density at radius 3 is 2.50 bits per heavy atom. The van der Waals surface area contributed by atoms with E-state index in [4.69, 9.17) is 4.74 Å². The third-order valence-electron chi connectivity index (χ3n) is 5.57. The molecule has 4 rings (SSSR count). The number of nitrogens with zero attached hydrogens (tertiary/aromatic N) is 2. The zero-order valence-electron chi connectivity index (χ0n) is 18.0. The molecule has 2 aromatic heterocycles. The van der Waals surface area contributed by atoms with Crippen LogP contribution in [0.4, 0.5) is 5.69 Å². The van der Waals surface area contributed by atoms with Crippen LogP contribution in [0.1, 0.15) is 36.6 Å². The van der Waals surface area contributed by atoms with Gasteiger partial charge >= 0.3 is 0 Å². The predicted molar refractivity (Wildman–Crippen MR) is 120 cm³/mol. The third kappa shape index (κ3) is 4.65. The van der Waals surface area contributed by atoms with E-state index in [1.54, 1.807) is 12.3 Å². The Morgan fingerprint density at radius 2 is 1.97 bits per heavy atom. The van der Waals surface area contributed by atoms with E-state index in [1.807, 2.05) is 46.1 Å². The molecule has 8 heteroatoms. The summed E-state index contributed by atoms with van der Waals surface area (Å²) in [5.41, 5.74) is 4.92. The summed E-state index contributed by atoms with van der Waals surface area (Å²) in [5, 5.41) is 10.2. The van der Waals surface area contributed by atoms with Crippen molar-refractivity contribution in [1.29, 1.82) is 0 Å². The maximum atomic E-state index is 13.1. The monoisotopic (exact) mass is 430 g/mol. The van der Waals surface area contributed by atoms with Gasteiger partial charge in [-0.2, -0.15) is 5.10 Å². The maximum absolute atomic E-state index is 13.1. The summed E-state index contributed by atoms with van der Waals surface area (Å²) < 4.78 is 31.5.